The van der Waals surface area contributed by atoms with Crippen molar-refractivity contribution in [1.29, 1.82) is 0 Å². The summed E-state index contributed by atoms with van der Waals surface area (Å²) in [5.41, 5.74) is 1.87. The van der Waals surface area contributed by atoms with Crippen LogP contribution in [-0.4, -0.2) is 41.4 Å². The average molecular weight is 368 g/mol. The molecule has 3 N–H and O–H groups in total. The van der Waals surface area contributed by atoms with Gasteiger partial charge in [-0.25, -0.2) is 0 Å². The van der Waals surface area contributed by atoms with E-state index in [1.807, 2.05) is 44.4 Å². The highest BCUT2D eigenvalue weighted by Crippen LogP contribution is 2.17. The Morgan fingerprint density at radius 3 is 2.58 bits per heavy atom. The quantitative estimate of drug-likeness (QED) is 0.605. The SMILES string of the molecule is CN(C)C(CNC(=O)c1ccc2c(=O)[nH]c(=S)[nH]c2c1)c1ccccc1. The molecule has 7 heteroatoms. The van der Waals surface area contributed by atoms with Gasteiger partial charge in [-0.1, -0.05) is 30.3 Å². The zero-order chi connectivity index (χ0) is 18.7. The van der Waals surface area contributed by atoms with E-state index >= 15 is 0 Å². The van der Waals surface area contributed by atoms with Gasteiger partial charge in [-0.2, -0.15) is 0 Å². The number of carbonyl (C=O) groups is 1. The Bertz CT molecular complexity index is 1040. The lowest BCUT2D eigenvalue weighted by Crippen LogP contribution is -2.34. The molecule has 26 heavy (non-hydrogen) atoms. The van der Waals surface area contributed by atoms with Crippen molar-refractivity contribution in [2.75, 3.05) is 20.6 Å². The number of hydrogen-bond acceptors (Lipinski definition) is 4. The molecule has 0 aliphatic heterocycles. The molecule has 1 heterocycles. The van der Waals surface area contributed by atoms with E-state index in [9.17, 15) is 9.59 Å². The summed E-state index contributed by atoms with van der Waals surface area (Å²) in [5.74, 6) is -0.200. The summed E-state index contributed by atoms with van der Waals surface area (Å²) >= 11 is 4.99. The maximum absolute atomic E-state index is 12.6. The summed E-state index contributed by atoms with van der Waals surface area (Å²) in [6.45, 7) is 0.471. The van der Waals surface area contributed by atoms with Crippen molar-refractivity contribution < 1.29 is 4.79 Å². The zero-order valence-electron chi connectivity index (χ0n) is 14.6. The molecule has 0 saturated heterocycles. The largest absolute Gasteiger partial charge is 0.350 e. The van der Waals surface area contributed by atoms with Gasteiger partial charge < -0.3 is 15.2 Å². The molecule has 0 aliphatic carbocycles. The number of carbonyl (C=O) groups excluding carboxylic acids is 1. The van der Waals surface area contributed by atoms with Crippen LogP contribution in [0.3, 0.4) is 0 Å². The van der Waals surface area contributed by atoms with Gasteiger partial charge in [0.25, 0.3) is 11.5 Å². The first kappa shape index (κ1) is 18.0. The fraction of sp³-hybridized carbons (Fsp3) is 0.211. The summed E-state index contributed by atoms with van der Waals surface area (Å²) in [6.07, 6.45) is 0. The molecular formula is C19H20N4O2S. The lowest BCUT2D eigenvalue weighted by molar-refractivity contribution is 0.0942. The molecule has 0 spiro atoms. The first-order valence-corrected chi connectivity index (χ1v) is 8.62. The lowest BCUT2D eigenvalue weighted by atomic mass is 10.1. The minimum atomic E-state index is -0.271. The Kier molecular flexibility index (Phi) is 5.29. The van der Waals surface area contributed by atoms with E-state index in [1.54, 1.807) is 18.2 Å². The van der Waals surface area contributed by atoms with Crippen molar-refractivity contribution in [2.45, 2.75) is 6.04 Å². The van der Waals surface area contributed by atoms with Crippen LogP contribution >= 0.6 is 12.2 Å². The summed E-state index contributed by atoms with van der Waals surface area (Å²) in [6, 6.07) is 15.0. The summed E-state index contributed by atoms with van der Waals surface area (Å²) < 4.78 is 0.233. The van der Waals surface area contributed by atoms with Crippen LogP contribution in [0.4, 0.5) is 0 Å². The molecule has 1 atom stereocenters. The second kappa shape index (κ2) is 7.63. The van der Waals surface area contributed by atoms with E-state index in [1.165, 1.54) is 0 Å². The van der Waals surface area contributed by atoms with Crippen LogP contribution in [0, 0.1) is 4.77 Å². The van der Waals surface area contributed by atoms with E-state index < -0.39 is 0 Å². The van der Waals surface area contributed by atoms with Gasteiger partial charge in [-0.15, -0.1) is 0 Å². The molecule has 1 aromatic heterocycles. The van der Waals surface area contributed by atoms with Gasteiger partial charge in [0.2, 0.25) is 0 Å². The van der Waals surface area contributed by atoms with Gasteiger partial charge in [-0.05, 0) is 50.1 Å². The number of likely N-dealkylation sites (N-methyl/N-ethyl adjacent to an activating group) is 1. The van der Waals surface area contributed by atoms with E-state index in [4.69, 9.17) is 12.2 Å². The van der Waals surface area contributed by atoms with Gasteiger partial charge in [0.1, 0.15) is 0 Å². The first-order chi connectivity index (χ1) is 12.5. The second-order valence-corrected chi connectivity index (χ2v) is 6.68. The second-order valence-electron chi connectivity index (χ2n) is 6.27. The fourth-order valence-corrected chi connectivity index (χ4v) is 3.08. The highest BCUT2D eigenvalue weighted by Gasteiger charge is 2.16. The van der Waals surface area contributed by atoms with E-state index in [0.29, 0.717) is 23.0 Å². The molecule has 0 saturated carbocycles. The Morgan fingerprint density at radius 2 is 1.88 bits per heavy atom. The van der Waals surface area contributed by atoms with Crippen LogP contribution in [-0.2, 0) is 0 Å². The molecule has 0 fully saturated rings. The third-order valence-corrected chi connectivity index (χ3v) is 4.47. The summed E-state index contributed by atoms with van der Waals surface area (Å²) in [4.78, 5) is 31.9. The smallest absolute Gasteiger partial charge is 0.259 e. The van der Waals surface area contributed by atoms with Crippen LogP contribution in [0.15, 0.2) is 53.3 Å². The van der Waals surface area contributed by atoms with Crippen molar-refractivity contribution >= 4 is 29.0 Å². The van der Waals surface area contributed by atoms with Crippen molar-refractivity contribution in [3.63, 3.8) is 0 Å². The number of hydrogen-bond donors (Lipinski definition) is 3. The predicted octanol–water partition coefficient (Wildman–Crippen LogP) is 2.62. The molecule has 3 aromatic rings. The number of H-pyrrole nitrogens is 2. The number of aromatic amines is 2. The Hall–Kier alpha value is -2.77. The Balaban J connectivity index is 1.80. The molecule has 2 aromatic carbocycles. The molecule has 1 unspecified atom stereocenters. The van der Waals surface area contributed by atoms with Crippen LogP contribution < -0.4 is 10.9 Å². The van der Waals surface area contributed by atoms with E-state index in [2.05, 4.69) is 20.2 Å². The number of amides is 1. The van der Waals surface area contributed by atoms with Crippen LogP contribution in [0.2, 0.25) is 0 Å². The van der Waals surface area contributed by atoms with Gasteiger partial charge in [0.15, 0.2) is 4.77 Å². The van der Waals surface area contributed by atoms with Gasteiger partial charge in [0.05, 0.1) is 16.9 Å². The maximum atomic E-state index is 12.6. The van der Waals surface area contributed by atoms with Crippen molar-refractivity contribution in [2.24, 2.45) is 0 Å². The standard InChI is InChI=1S/C19H20N4O2S/c1-23(2)16(12-6-4-3-5-7-12)11-20-17(24)13-8-9-14-15(10-13)21-19(26)22-18(14)25/h3-10,16H,11H2,1-2H3,(H,20,24)(H2,21,22,25,26). The fourth-order valence-electron chi connectivity index (χ4n) is 2.88. The lowest BCUT2D eigenvalue weighted by Gasteiger charge is -2.25. The van der Waals surface area contributed by atoms with Gasteiger partial charge >= 0.3 is 0 Å². The molecule has 0 radical (unpaired) electrons. The highest BCUT2D eigenvalue weighted by atomic mass is 32.1. The normalized spacial score (nSPS) is 12.3. The topological polar surface area (TPSA) is 81.0 Å². The van der Waals surface area contributed by atoms with Crippen LogP contribution in [0.1, 0.15) is 22.0 Å². The minimum absolute atomic E-state index is 0.0641. The molecule has 0 aliphatic rings. The highest BCUT2D eigenvalue weighted by molar-refractivity contribution is 7.71. The average Bonchev–Trinajstić information content (AvgIpc) is 2.61. The minimum Gasteiger partial charge on any atom is -0.350 e. The van der Waals surface area contributed by atoms with E-state index in [-0.39, 0.29) is 22.3 Å². The summed E-state index contributed by atoms with van der Waals surface area (Å²) in [5, 5.41) is 3.43. The third kappa shape index (κ3) is 3.89. The molecule has 6 nitrogen and oxygen atoms in total. The predicted molar refractivity (Wildman–Crippen MR) is 105 cm³/mol. The van der Waals surface area contributed by atoms with Gasteiger partial charge in [0, 0.05) is 12.1 Å². The van der Waals surface area contributed by atoms with E-state index in [0.717, 1.165) is 5.56 Å². The first-order valence-electron chi connectivity index (χ1n) is 8.21. The number of aromatic nitrogens is 2. The number of fused-ring (bicyclic) bond motifs is 1. The van der Waals surface area contributed by atoms with Crippen molar-refractivity contribution in [3.05, 3.63) is 74.8 Å². The third-order valence-electron chi connectivity index (χ3n) is 4.27. The monoisotopic (exact) mass is 368 g/mol. The number of benzene rings is 2. The van der Waals surface area contributed by atoms with Crippen LogP contribution in [0.5, 0.6) is 0 Å². The molecule has 0 bridgehead atoms. The number of nitrogens with zero attached hydrogens (tertiary/aromatic N) is 1. The molecule has 1 amide bonds. The molecular weight excluding hydrogens is 348 g/mol. The van der Waals surface area contributed by atoms with Crippen LogP contribution in [0.25, 0.3) is 10.9 Å². The van der Waals surface area contributed by atoms with Crippen molar-refractivity contribution in [1.82, 2.24) is 20.2 Å². The number of rotatable bonds is 5. The number of nitrogens with one attached hydrogen (secondary N) is 3. The maximum Gasteiger partial charge on any atom is 0.259 e. The van der Waals surface area contributed by atoms with Gasteiger partial charge in [-0.3, -0.25) is 14.6 Å². The Labute approximate surface area is 155 Å². The molecule has 134 valence electrons. The Morgan fingerprint density at radius 1 is 1.15 bits per heavy atom. The molecule has 3 rings (SSSR count). The van der Waals surface area contributed by atoms with Crippen molar-refractivity contribution in [3.8, 4) is 0 Å². The zero-order valence-corrected chi connectivity index (χ0v) is 15.4. The summed E-state index contributed by atoms with van der Waals surface area (Å²) in [7, 11) is 3.96.